The highest BCUT2D eigenvalue weighted by molar-refractivity contribution is 7.15. The molecule has 26 heavy (non-hydrogen) atoms. The summed E-state index contributed by atoms with van der Waals surface area (Å²) in [5.74, 6) is -0.119. The van der Waals surface area contributed by atoms with E-state index in [0.29, 0.717) is 28.1 Å². The molecule has 0 fully saturated rings. The van der Waals surface area contributed by atoms with Gasteiger partial charge in [-0.05, 0) is 23.3 Å². The fourth-order valence-electron chi connectivity index (χ4n) is 2.38. The van der Waals surface area contributed by atoms with E-state index in [1.165, 1.54) is 11.3 Å². The minimum absolute atomic E-state index is 0.119. The van der Waals surface area contributed by atoms with Crippen molar-refractivity contribution in [2.45, 2.75) is 13.0 Å². The summed E-state index contributed by atoms with van der Waals surface area (Å²) in [4.78, 5) is 17.3. The molecule has 134 valence electrons. The lowest BCUT2D eigenvalue weighted by atomic mass is 10.1. The van der Waals surface area contributed by atoms with E-state index < -0.39 is 0 Å². The summed E-state index contributed by atoms with van der Waals surface area (Å²) in [6, 6.07) is 15.4. The van der Waals surface area contributed by atoms with Crippen molar-refractivity contribution in [2.24, 2.45) is 0 Å². The summed E-state index contributed by atoms with van der Waals surface area (Å²) < 4.78 is 0. The quantitative estimate of drug-likeness (QED) is 0.595. The van der Waals surface area contributed by atoms with Gasteiger partial charge >= 0.3 is 0 Å². The van der Waals surface area contributed by atoms with Crippen LogP contribution in [0.4, 0.5) is 5.13 Å². The molecule has 0 bridgehead atoms. The maximum Gasteiger partial charge on any atom is 0.240 e. The van der Waals surface area contributed by atoms with Crippen LogP contribution in [-0.4, -0.2) is 17.4 Å². The lowest BCUT2D eigenvalue weighted by Gasteiger charge is -2.04. The highest BCUT2D eigenvalue weighted by Crippen LogP contribution is 2.26. The van der Waals surface area contributed by atoms with E-state index in [1.807, 2.05) is 42.5 Å². The van der Waals surface area contributed by atoms with Gasteiger partial charge in [-0.2, -0.15) is 0 Å². The number of benzene rings is 2. The molecule has 2 aromatic carbocycles. The first-order valence-corrected chi connectivity index (χ1v) is 9.60. The number of thiazole rings is 1. The largest absolute Gasteiger partial charge is 0.304 e. The van der Waals surface area contributed by atoms with Crippen LogP contribution in [0.1, 0.15) is 16.0 Å². The maximum absolute atomic E-state index is 12.0. The number of hydrogen-bond acceptors (Lipinski definition) is 4. The Labute approximate surface area is 166 Å². The Morgan fingerprint density at radius 1 is 1.12 bits per heavy atom. The predicted octanol–water partition coefficient (Wildman–Crippen LogP) is 4.77. The molecule has 1 heterocycles. The number of nitrogens with zero attached hydrogens (tertiary/aromatic N) is 1. The van der Waals surface area contributed by atoms with Crippen molar-refractivity contribution >= 4 is 45.6 Å². The van der Waals surface area contributed by atoms with Crippen molar-refractivity contribution in [2.75, 3.05) is 11.9 Å². The van der Waals surface area contributed by atoms with E-state index in [2.05, 4.69) is 15.6 Å². The number of nitrogens with one attached hydrogen (secondary N) is 2. The number of rotatable bonds is 7. The van der Waals surface area contributed by atoms with Crippen LogP contribution in [-0.2, 0) is 17.8 Å². The molecular formula is C19H17Cl2N3OS. The van der Waals surface area contributed by atoms with E-state index in [4.69, 9.17) is 23.2 Å². The number of hydrogen-bond donors (Lipinski definition) is 2. The van der Waals surface area contributed by atoms with Crippen molar-refractivity contribution < 1.29 is 4.79 Å². The lowest BCUT2D eigenvalue weighted by Crippen LogP contribution is -2.27. The summed E-state index contributed by atoms with van der Waals surface area (Å²) in [6.07, 6.45) is 2.40. The van der Waals surface area contributed by atoms with Crippen LogP contribution in [0.5, 0.6) is 0 Å². The summed E-state index contributed by atoms with van der Waals surface area (Å²) in [7, 11) is 0. The molecule has 3 rings (SSSR count). The molecule has 0 saturated carbocycles. The molecule has 4 nitrogen and oxygen atoms in total. The van der Waals surface area contributed by atoms with E-state index in [-0.39, 0.29) is 12.5 Å². The fraction of sp³-hybridized carbons (Fsp3) is 0.158. The Balaban J connectivity index is 1.49. The molecule has 3 aromatic rings. The molecule has 0 atom stereocenters. The van der Waals surface area contributed by atoms with E-state index in [1.54, 1.807) is 12.3 Å². The van der Waals surface area contributed by atoms with Crippen LogP contribution in [0.2, 0.25) is 10.0 Å². The molecule has 0 aliphatic carbocycles. The van der Waals surface area contributed by atoms with Gasteiger partial charge in [0.05, 0.1) is 6.54 Å². The summed E-state index contributed by atoms with van der Waals surface area (Å²) in [6.45, 7) is 0.874. The van der Waals surface area contributed by atoms with Crippen molar-refractivity contribution in [1.29, 1.82) is 0 Å². The van der Waals surface area contributed by atoms with Gasteiger partial charge in [0.1, 0.15) is 0 Å². The Bertz CT molecular complexity index is 884. The minimum Gasteiger partial charge on any atom is -0.304 e. The molecule has 1 aromatic heterocycles. The third-order valence-corrected chi connectivity index (χ3v) is 5.14. The van der Waals surface area contributed by atoms with Crippen LogP contribution in [0.15, 0.2) is 54.7 Å². The Morgan fingerprint density at radius 3 is 2.69 bits per heavy atom. The first kappa shape index (κ1) is 18.9. The Morgan fingerprint density at radius 2 is 1.92 bits per heavy atom. The number of amides is 1. The minimum atomic E-state index is -0.119. The molecule has 0 aliphatic rings. The van der Waals surface area contributed by atoms with E-state index >= 15 is 0 Å². The number of carbonyl (C=O) groups excluding carboxylic acids is 1. The van der Waals surface area contributed by atoms with Crippen LogP contribution in [0, 0.1) is 0 Å². The van der Waals surface area contributed by atoms with Gasteiger partial charge in [0.15, 0.2) is 5.13 Å². The zero-order valence-electron chi connectivity index (χ0n) is 13.8. The number of aromatic nitrogens is 1. The third-order valence-electron chi connectivity index (χ3n) is 3.64. The first-order chi connectivity index (χ1) is 12.6. The standard InChI is InChI=1S/C19H17Cl2N3OS/c20-15-7-6-14(17(21)9-15)8-16-11-23-19(26-16)24-18(25)12-22-10-13-4-2-1-3-5-13/h1-7,9,11,22H,8,10,12H2,(H,23,24,25). The van der Waals surface area contributed by atoms with Gasteiger partial charge in [-0.1, -0.05) is 59.6 Å². The van der Waals surface area contributed by atoms with Crippen molar-refractivity contribution in [3.05, 3.63) is 80.8 Å². The highest BCUT2D eigenvalue weighted by Gasteiger charge is 2.09. The monoisotopic (exact) mass is 405 g/mol. The van der Waals surface area contributed by atoms with Crippen molar-refractivity contribution in [1.82, 2.24) is 10.3 Å². The van der Waals surface area contributed by atoms with Gasteiger partial charge in [-0.15, -0.1) is 11.3 Å². The topological polar surface area (TPSA) is 54.0 Å². The van der Waals surface area contributed by atoms with Gasteiger partial charge < -0.3 is 10.6 Å². The second kappa shape index (κ2) is 9.14. The second-order valence-electron chi connectivity index (χ2n) is 5.68. The molecular weight excluding hydrogens is 389 g/mol. The molecule has 0 aliphatic heterocycles. The van der Waals surface area contributed by atoms with E-state index in [9.17, 15) is 4.79 Å². The van der Waals surface area contributed by atoms with Crippen LogP contribution >= 0.6 is 34.5 Å². The highest BCUT2D eigenvalue weighted by atomic mass is 35.5. The maximum atomic E-state index is 12.0. The van der Waals surface area contributed by atoms with Gasteiger partial charge in [-0.25, -0.2) is 4.98 Å². The van der Waals surface area contributed by atoms with E-state index in [0.717, 1.165) is 16.0 Å². The SMILES string of the molecule is O=C(CNCc1ccccc1)Nc1ncc(Cc2ccc(Cl)cc2Cl)s1. The summed E-state index contributed by atoms with van der Waals surface area (Å²) in [5, 5.41) is 7.74. The number of anilines is 1. The van der Waals surface area contributed by atoms with Crippen LogP contribution in [0.25, 0.3) is 0 Å². The Hall–Kier alpha value is -1.92. The molecule has 1 amide bonds. The second-order valence-corrected chi connectivity index (χ2v) is 7.64. The van der Waals surface area contributed by atoms with Crippen LogP contribution < -0.4 is 10.6 Å². The smallest absolute Gasteiger partial charge is 0.240 e. The Kier molecular flexibility index (Phi) is 6.63. The molecule has 0 unspecified atom stereocenters. The molecule has 0 spiro atoms. The molecule has 7 heteroatoms. The average molecular weight is 406 g/mol. The van der Waals surface area contributed by atoms with Crippen molar-refractivity contribution in [3.63, 3.8) is 0 Å². The predicted molar refractivity (Wildman–Crippen MR) is 108 cm³/mol. The summed E-state index contributed by atoms with van der Waals surface area (Å²) >= 11 is 13.6. The third kappa shape index (κ3) is 5.54. The zero-order valence-corrected chi connectivity index (χ0v) is 16.2. The van der Waals surface area contributed by atoms with Gasteiger partial charge in [0, 0.05) is 34.1 Å². The number of carbonyl (C=O) groups is 1. The molecule has 2 N–H and O–H groups in total. The van der Waals surface area contributed by atoms with Gasteiger partial charge in [0.2, 0.25) is 5.91 Å². The molecule has 0 radical (unpaired) electrons. The average Bonchev–Trinajstić information content (AvgIpc) is 3.05. The lowest BCUT2D eigenvalue weighted by molar-refractivity contribution is -0.115. The van der Waals surface area contributed by atoms with Gasteiger partial charge in [-0.3, -0.25) is 4.79 Å². The number of halogens is 2. The van der Waals surface area contributed by atoms with Crippen LogP contribution in [0.3, 0.4) is 0 Å². The molecule has 0 saturated heterocycles. The zero-order chi connectivity index (χ0) is 18.4. The first-order valence-electron chi connectivity index (χ1n) is 8.03. The fourth-order valence-corrected chi connectivity index (χ4v) is 3.71. The summed E-state index contributed by atoms with van der Waals surface area (Å²) in [5.41, 5.74) is 2.11. The normalized spacial score (nSPS) is 10.7. The van der Waals surface area contributed by atoms with Gasteiger partial charge in [0.25, 0.3) is 0 Å². The van der Waals surface area contributed by atoms with Crippen molar-refractivity contribution in [3.8, 4) is 0 Å².